The van der Waals surface area contributed by atoms with Crippen LogP contribution < -0.4 is 5.32 Å². The lowest BCUT2D eigenvalue weighted by Gasteiger charge is -2.07. The molecule has 0 radical (unpaired) electrons. The lowest BCUT2D eigenvalue weighted by molar-refractivity contribution is -0.118. The maximum Gasteiger partial charge on any atom is 0.256 e. The Morgan fingerprint density at radius 2 is 1.84 bits per heavy atom. The molecular weight excluding hydrogens is 410 g/mol. The number of carbonyl (C=O) groups is 1. The van der Waals surface area contributed by atoms with Gasteiger partial charge in [-0.1, -0.05) is 36.0 Å². The van der Waals surface area contributed by atoms with E-state index in [1.54, 1.807) is 12.4 Å². The molecule has 4 rings (SSSR count). The molecule has 31 heavy (non-hydrogen) atoms. The zero-order valence-corrected chi connectivity index (χ0v) is 18.4. The number of rotatable bonds is 7. The number of aryl methyl sites for hydroxylation is 3. The second-order valence-electron chi connectivity index (χ2n) is 7.18. The monoisotopic (exact) mass is 433 g/mol. The molecular formula is C23H23N5O2S. The predicted octanol–water partition coefficient (Wildman–Crippen LogP) is 4.16. The van der Waals surface area contributed by atoms with Gasteiger partial charge in [-0.15, -0.1) is 0 Å². The first kappa shape index (κ1) is 20.9. The SMILES string of the molecule is Cc1nc(SCC(=O)NCc2ccc(-c3nn(C)cc3-c3ccncc3)cc2)oc1C. The topological polar surface area (TPSA) is 85.8 Å². The quantitative estimate of drug-likeness (QED) is 0.441. The van der Waals surface area contributed by atoms with Crippen LogP contribution in [0, 0.1) is 13.8 Å². The van der Waals surface area contributed by atoms with Gasteiger partial charge in [0.05, 0.1) is 11.4 Å². The second-order valence-corrected chi connectivity index (χ2v) is 8.11. The van der Waals surface area contributed by atoms with E-state index in [0.29, 0.717) is 11.8 Å². The maximum atomic E-state index is 12.2. The van der Waals surface area contributed by atoms with Crippen LogP contribution in [0.1, 0.15) is 17.0 Å². The summed E-state index contributed by atoms with van der Waals surface area (Å²) >= 11 is 1.30. The number of hydrogen-bond acceptors (Lipinski definition) is 6. The van der Waals surface area contributed by atoms with E-state index in [2.05, 4.69) is 20.4 Å². The van der Waals surface area contributed by atoms with Crippen molar-refractivity contribution >= 4 is 17.7 Å². The Morgan fingerprint density at radius 1 is 1.10 bits per heavy atom. The summed E-state index contributed by atoms with van der Waals surface area (Å²) in [5.74, 6) is 0.982. The highest BCUT2D eigenvalue weighted by Gasteiger charge is 2.13. The molecule has 8 heteroatoms. The molecule has 3 aromatic heterocycles. The Morgan fingerprint density at radius 3 is 2.52 bits per heavy atom. The largest absolute Gasteiger partial charge is 0.437 e. The van der Waals surface area contributed by atoms with Crippen molar-refractivity contribution in [2.45, 2.75) is 25.6 Å². The third-order valence-electron chi connectivity index (χ3n) is 4.87. The van der Waals surface area contributed by atoms with E-state index in [1.165, 1.54) is 11.8 Å². The minimum Gasteiger partial charge on any atom is -0.437 e. The Labute approximate surface area is 184 Å². The zero-order chi connectivity index (χ0) is 21.8. The summed E-state index contributed by atoms with van der Waals surface area (Å²) in [5.41, 5.74) is 5.93. The molecule has 0 aliphatic carbocycles. The van der Waals surface area contributed by atoms with Crippen LogP contribution in [0.25, 0.3) is 22.4 Å². The van der Waals surface area contributed by atoms with Crippen LogP contribution in [0.15, 0.2) is 64.6 Å². The third-order valence-corrected chi connectivity index (χ3v) is 5.70. The number of pyridine rings is 1. The molecule has 158 valence electrons. The van der Waals surface area contributed by atoms with Crippen LogP contribution in [-0.4, -0.2) is 31.4 Å². The van der Waals surface area contributed by atoms with Gasteiger partial charge in [0.2, 0.25) is 5.91 Å². The number of hydrogen-bond donors (Lipinski definition) is 1. The molecule has 1 aromatic carbocycles. The van der Waals surface area contributed by atoms with Crippen molar-refractivity contribution in [3.05, 3.63) is 72.0 Å². The van der Waals surface area contributed by atoms with Crippen LogP contribution in [-0.2, 0) is 18.4 Å². The molecule has 0 bridgehead atoms. The van der Waals surface area contributed by atoms with Crippen molar-refractivity contribution in [3.63, 3.8) is 0 Å². The first-order valence-electron chi connectivity index (χ1n) is 9.86. The van der Waals surface area contributed by atoms with Gasteiger partial charge in [-0.25, -0.2) is 4.98 Å². The number of nitrogens with one attached hydrogen (secondary N) is 1. The Kier molecular flexibility index (Phi) is 6.18. The van der Waals surface area contributed by atoms with Crippen molar-refractivity contribution in [3.8, 4) is 22.4 Å². The number of aromatic nitrogens is 4. The van der Waals surface area contributed by atoms with E-state index in [9.17, 15) is 4.79 Å². The van der Waals surface area contributed by atoms with Crippen molar-refractivity contribution < 1.29 is 9.21 Å². The van der Waals surface area contributed by atoms with Crippen LogP contribution >= 0.6 is 11.8 Å². The molecule has 0 saturated carbocycles. The predicted molar refractivity (Wildman–Crippen MR) is 120 cm³/mol. The van der Waals surface area contributed by atoms with Gasteiger partial charge in [0, 0.05) is 43.3 Å². The minimum absolute atomic E-state index is 0.0627. The number of thioether (sulfide) groups is 1. The second kappa shape index (κ2) is 9.18. The van der Waals surface area contributed by atoms with Crippen molar-refractivity contribution in [2.75, 3.05) is 5.75 Å². The number of oxazole rings is 1. The van der Waals surface area contributed by atoms with Gasteiger partial charge >= 0.3 is 0 Å². The van der Waals surface area contributed by atoms with Crippen molar-refractivity contribution in [1.82, 2.24) is 25.1 Å². The Hall–Kier alpha value is -3.39. The van der Waals surface area contributed by atoms with E-state index in [-0.39, 0.29) is 11.7 Å². The van der Waals surface area contributed by atoms with Crippen LogP contribution in [0.2, 0.25) is 0 Å². The van der Waals surface area contributed by atoms with E-state index in [4.69, 9.17) is 4.42 Å². The molecule has 0 saturated heterocycles. The fourth-order valence-electron chi connectivity index (χ4n) is 3.11. The first-order chi connectivity index (χ1) is 15.0. The lowest BCUT2D eigenvalue weighted by Crippen LogP contribution is -2.24. The molecule has 1 amide bonds. The highest BCUT2D eigenvalue weighted by atomic mass is 32.2. The van der Waals surface area contributed by atoms with Gasteiger partial charge < -0.3 is 9.73 Å². The first-order valence-corrected chi connectivity index (χ1v) is 10.8. The number of nitrogens with zero attached hydrogens (tertiary/aromatic N) is 4. The number of carbonyl (C=O) groups excluding carboxylic acids is 1. The fourth-order valence-corrected chi connectivity index (χ4v) is 3.85. The third kappa shape index (κ3) is 5.03. The van der Waals surface area contributed by atoms with E-state index < -0.39 is 0 Å². The molecule has 0 aliphatic rings. The average Bonchev–Trinajstić information content (AvgIpc) is 3.33. The van der Waals surface area contributed by atoms with E-state index >= 15 is 0 Å². The number of benzene rings is 1. The van der Waals surface area contributed by atoms with Crippen molar-refractivity contribution in [2.24, 2.45) is 7.05 Å². The summed E-state index contributed by atoms with van der Waals surface area (Å²) in [7, 11) is 1.91. The van der Waals surface area contributed by atoms with Crippen LogP contribution in [0.5, 0.6) is 0 Å². The van der Waals surface area contributed by atoms with Gasteiger partial charge in [0.1, 0.15) is 11.5 Å². The van der Waals surface area contributed by atoms with E-state index in [1.807, 2.05) is 68.2 Å². The van der Waals surface area contributed by atoms with Crippen molar-refractivity contribution in [1.29, 1.82) is 0 Å². The molecule has 7 nitrogen and oxygen atoms in total. The molecule has 0 atom stereocenters. The normalized spacial score (nSPS) is 10.9. The van der Waals surface area contributed by atoms with Gasteiger partial charge in [-0.05, 0) is 37.1 Å². The molecule has 4 aromatic rings. The van der Waals surface area contributed by atoms with Gasteiger partial charge in [0.25, 0.3) is 5.22 Å². The maximum absolute atomic E-state index is 12.2. The Balaban J connectivity index is 1.37. The standard InChI is InChI=1S/C23H23N5O2S/c1-15-16(2)30-23(26-15)31-14-21(29)25-12-17-4-6-19(7-5-17)22-20(13-28(3)27-22)18-8-10-24-11-9-18/h4-11,13H,12,14H2,1-3H3,(H,25,29). The molecule has 3 heterocycles. The lowest BCUT2D eigenvalue weighted by atomic mass is 10.0. The van der Waals surface area contributed by atoms with Gasteiger partial charge in [-0.3, -0.25) is 14.5 Å². The Bertz CT molecular complexity index is 1160. The highest BCUT2D eigenvalue weighted by molar-refractivity contribution is 7.99. The smallest absolute Gasteiger partial charge is 0.256 e. The molecule has 1 N–H and O–H groups in total. The van der Waals surface area contributed by atoms with Gasteiger partial charge in [-0.2, -0.15) is 5.10 Å². The summed E-state index contributed by atoms with van der Waals surface area (Å²) in [5, 5.41) is 8.09. The van der Waals surface area contributed by atoms with Crippen LogP contribution in [0.4, 0.5) is 0 Å². The number of amides is 1. The molecule has 0 fully saturated rings. The minimum atomic E-state index is -0.0627. The summed E-state index contributed by atoms with van der Waals surface area (Å²) < 4.78 is 7.30. The van der Waals surface area contributed by atoms with E-state index in [0.717, 1.165) is 39.4 Å². The summed E-state index contributed by atoms with van der Waals surface area (Å²) in [6.07, 6.45) is 5.56. The summed E-state index contributed by atoms with van der Waals surface area (Å²) in [6, 6.07) is 12.0. The van der Waals surface area contributed by atoms with Crippen LogP contribution in [0.3, 0.4) is 0 Å². The molecule has 0 unspecified atom stereocenters. The summed E-state index contributed by atoms with van der Waals surface area (Å²) in [4.78, 5) is 20.5. The highest BCUT2D eigenvalue weighted by Crippen LogP contribution is 2.30. The fraction of sp³-hybridized carbons (Fsp3) is 0.217. The van der Waals surface area contributed by atoms with Gasteiger partial charge in [0.15, 0.2) is 0 Å². The average molecular weight is 434 g/mol. The summed E-state index contributed by atoms with van der Waals surface area (Å²) in [6.45, 7) is 4.21. The molecule has 0 aliphatic heterocycles. The zero-order valence-electron chi connectivity index (χ0n) is 17.6. The molecule has 0 spiro atoms.